The van der Waals surface area contributed by atoms with Crippen molar-refractivity contribution in [3.63, 3.8) is 0 Å². The molecule has 2 aromatic heterocycles. The van der Waals surface area contributed by atoms with Crippen molar-refractivity contribution < 1.29 is 0 Å². The number of nitrogens with two attached hydrogens (primary N) is 1. The van der Waals surface area contributed by atoms with Crippen LogP contribution in [0, 0.1) is 6.92 Å². The maximum Gasteiger partial charge on any atom is 0.0598 e. The van der Waals surface area contributed by atoms with E-state index in [1.54, 1.807) is 0 Å². The monoisotopic (exact) mass is 278 g/mol. The van der Waals surface area contributed by atoms with Crippen LogP contribution in [0.25, 0.3) is 10.8 Å². The summed E-state index contributed by atoms with van der Waals surface area (Å²) in [6.45, 7) is 2.74. The van der Waals surface area contributed by atoms with Crippen LogP contribution < -0.4 is 10.6 Å². The number of nitrogens with zero attached hydrogens (tertiary/aromatic N) is 3. The van der Waals surface area contributed by atoms with Crippen molar-refractivity contribution in [2.45, 2.75) is 13.5 Å². The number of benzene rings is 1. The number of nitrogen functional groups attached to an aromatic ring is 1. The van der Waals surface area contributed by atoms with Crippen LogP contribution >= 0.6 is 0 Å². The SMILES string of the molecule is Cc1cc2c(N(C)Cc3ccccn3)ccc(N)c2cn1. The fourth-order valence-corrected chi connectivity index (χ4v) is 2.50. The van der Waals surface area contributed by atoms with Crippen LogP contribution in [0.4, 0.5) is 11.4 Å². The number of aryl methyl sites for hydroxylation is 1. The van der Waals surface area contributed by atoms with E-state index in [0.717, 1.165) is 40.1 Å². The highest BCUT2D eigenvalue weighted by atomic mass is 15.1. The Morgan fingerprint density at radius 1 is 1.10 bits per heavy atom. The van der Waals surface area contributed by atoms with E-state index >= 15 is 0 Å². The van der Waals surface area contributed by atoms with Crippen molar-refractivity contribution in [3.8, 4) is 0 Å². The predicted molar refractivity (Wildman–Crippen MR) is 87.2 cm³/mol. The van der Waals surface area contributed by atoms with Gasteiger partial charge >= 0.3 is 0 Å². The van der Waals surface area contributed by atoms with Gasteiger partial charge in [0.2, 0.25) is 0 Å². The number of rotatable bonds is 3. The minimum Gasteiger partial charge on any atom is -0.398 e. The van der Waals surface area contributed by atoms with Gasteiger partial charge in [-0.3, -0.25) is 9.97 Å². The van der Waals surface area contributed by atoms with Crippen LogP contribution in [0.1, 0.15) is 11.4 Å². The van der Waals surface area contributed by atoms with Crippen LogP contribution in [0.5, 0.6) is 0 Å². The Morgan fingerprint density at radius 2 is 1.95 bits per heavy atom. The maximum atomic E-state index is 6.06. The Balaban J connectivity index is 2.03. The summed E-state index contributed by atoms with van der Waals surface area (Å²) in [7, 11) is 2.06. The Morgan fingerprint density at radius 3 is 2.71 bits per heavy atom. The highest BCUT2D eigenvalue weighted by Crippen LogP contribution is 2.31. The zero-order valence-corrected chi connectivity index (χ0v) is 12.2. The highest BCUT2D eigenvalue weighted by molar-refractivity contribution is 6.01. The topological polar surface area (TPSA) is 55.0 Å². The molecule has 4 nitrogen and oxygen atoms in total. The molecule has 4 heteroatoms. The first kappa shape index (κ1) is 13.4. The predicted octanol–water partition coefficient (Wildman–Crippen LogP) is 3.16. The van der Waals surface area contributed by atoms with E-state index in [9.17, 15) is 0 Å². The summed E-state index contributed by atoms with van der Waals surface area (Å²) in [6, 6.07) is 12.0. The molecule has 0 fully saturated rings. The number of hydrogen-bond donors (Lipinski definition) is 1. The number of hydrogen-bond acceptors (Lipinski definition) is 4. The number of fused-ring (bicyclic) bond motifs is 1. The van der Waals surface area contributed by atoms with Crippen molar-refractivity contribution in [2.75, 3.05) is 17.7 Å². The molecule has 0 aliphatic rings. The summed E-state index contributed by atoms with van der Waals surface area (Å²) in [6.07, 6.45) is 3.66. The molecular weight excluding hydrogens is 260 g/mol. The van der Waals surface area contributed by atoms with Gasteiger partial charge in [-0.05, 0) is 37.3 Å². The van der Waals surface area contributed by atoms with E-state index in [2.05, 4.69) is 34.0 Å². The van der Waals surface area contributed by atoms with E-state index in [0.29, 0.717) is 0 Å². The molecule has 0 radical (unpaired) electrons. The number of pyridine rings is 2. The fraction of sp³-hybridized carbons (Fsp3) is 0.176. The number of aromatic nitrogens is 2. The molecule has 2 N–H and O–H groups in total. The molecule has 0 atom stereocenters. The lowest BCUT2D eigenvalue weighted by Gasteiger charge is -2.21. The summed E-state index contributed by atoms with van der Waals surface area (Å²) in [5, 5.41) is 2.12. The molecule has 3 rings (SSSR count). The first-order valence-electron chi connectivity index (χ1n) is 6.91. The summed E-state index contributed by atoms with van der Waals surface area (Å²) in [5.74, 6) is 0. The average molecular weight is 278 g/mol. The van der Waals surface area contributed by atoms with Crippen molar-refractivity contribution in [1.82, 2.24) is 9.97 Å². The maximum absolute atomic E-state index is 6.06. The van der Waals surface area contributed by atoms with Crippen molar-refractivity contribution in [3.05, 3.63) is 60.2 Å². The second kappa shape index (κ2) is 5.40. The zero-order chi connectivity index (χ0) is 14.8. The Kier molecular flexibility index (Phi) is 3.44. The molecule has 1 aromatic carbocycles. The molecule has 0 saturated carbocycles. The molecular formula is C17H18N4. The molecule has 0 aliphatic heterocycles. The van der Waals surface area contributed by atoms with Gasteiger partial charge in [-0.25, -0.2) is 0 Å². The molecule has 0 saturated heterocycles. The van der Waals surface area contributed by atoms with Crippen LogP contribution in [0.3, 0.4) is 0 Å². The van der Waals surface area contributed by atoms with E-state index < -0.39 is 0 Å². The van der Waals surface area contributed by atoms with Crippen LogP contribution in [0.2, 0.25) is 0 Å². The lowest BCUT2D eigenvalue weighted by Crippen LogP contribution is -2.17. The molecule has 0 spiro atoms. The van der Waals surface area contributed by atoms with Gasteiger partial charge in [0.1, 0.15) is 0 Å². The number of anilines is 2. The highest BCUT2D eigenvalue weighted by Gasteiger charge is 2.10. The Hall–Kier alpha value is -2.62. The minimum absolute atomic E-state index is 0.751. The summed E-state index contributed by atoms with van der Waals surface area (Å²) in [4.78, 5) is 10.9. The zero-order valence-electron chi connectivity index (χ0n) is 12.2. The molecule has 0 bridgehead atoms. The van der Waals surface area contributed by atoms with Gasteiger partial charge in [-0.15, -0.1) is 0 Å². The summed E-state index contributed by atoms with van der Waals surface area (Å²) >= 11 is 0. The third-order valence-corrected chi connectivity index (χ3v) is 3.58. The van der Waals surface area contributed by atoms with E-state index in [4.69, 9.17) is 5.73 Å². The first-order valence-corrected chi connectivity index (χ1v) is 6.91. The third kappa shape index (κ3) is 2.65. The van der Waals surface area contributed by atoms with E-state index in [-0.39, 0.29) is 0 Å². The van der Waals surface area contributed by atoms with Gasteiger partial charge in [-0.2, -0.15) is 0 Å². The van der Waals surface area contributed by atoms with Crippen molar-refractivity contribution in [2.24, 2.45) is 0 Å². The second-order valence-electron chi connectivity index (χ2n) is 5.22. The van der Waals surface area contributed by atoms with Gasteiger partial charge in [-0.1, -0.05) is 6.07 Å². The fourth-order valence-electron chi connectivity index (χ4n) is 2.50. The van der Waals surface area contributed by atoms with Gasteiger partial charge in [0.25, 0.3) is 0 Å². The van der Waals surface area contributed by atoms with Gasteiger partial charge in [0.05, 0.1) is 12.2 Å². The molecule has 0 amide bonds. The Labute approximate surface area is 124 Å². The largest absolute Gasteiger partial charge is 0.398 e. The molecule has 106 valence electrons. The standard InChI is InChI=1S/C17H18N4/c1-12-9-14-15(10-20-12)16(18)6-7-17(14)21(2)11-13-5-3-4-8-19-13/h3-10H,11,18H2,1-2H3. The normalized spacial score (nSPS) is 10.8. The molecule has 0 unspecified atom stereocenters. The van der Waals surface area contributed by atoms with Gasteiger partial charge in [0, 0.05) is 47.3 Å². The Bertz CT molecular complexity index is 768. The molecule has 3 aromatic rings. The van der Waals surface area contributed by atoms with E-state index in [1.165, 1.54) is 0 Å². The average Bonchev–Trinajstić information content (AvgIpc) is 2.48. The smallest absolute Gasteiger partial charge is 0.0598 e. The molecule has 21 heavy (non-hydrogen) atoms. The molecule has 0 aliphatic carbocycles. The van der Waals surface area contributed by atoms with E-state index in [1.807, 2.05) is 43.6 Å². The quantitative estimate of drug-likeness (QED) is 0.748. The van der Waals surface area contributed by atoms with Crippen molar-refractivity contribution in [1.29, 1.82) is 0 Å². The second-order valence-corrected chi connectivity index (χ2v) is 5.22. The summed E-state index contributed by atoms with van der Waals surface area (Å²) in [5.41, 5.74) is 9.97. The van der Waals surface area contributed by atoms with Crippen LogP contribution in [-0.2, 0) is 6.54 Å². The van der Waals surface area contributed by atoms with Gasteiger partial charge in [0.15, 0.2) is 0 Å². The minimum atomic E-state index is 0.751. The third-order valence-electron chi connectivity index (χ3n) is 3.58. The van der Waals surface area contributed by atoms with Crippen LogP contribution in [-0.4, -0.2) is 17.0 Å². The lowest BCUT2D eigenvalue weighted by atomic mass is 10.1. The first-order chi connectivity index (χ1) is 10.1. The summed E-state index contributed by atoms with van der Waals surface area (Å²) < 4.78 is 0. The molecule has 2 heterocycles. The van der Waals surface area contributed by atoms with Gasteiger partial charge < -0.3 is 10.6 Å². The van der Waals surface area contributed by atoms with Crippen LogP contribution in [0.15, 0.2) is 48.8 Å². The lowest BCUT2D eigenvalue weighted by molar-refractivity contribution is 0.889. The van der Waals surface area contributed by atoms with Crippen molar-refractivity contribution >= 4 is 22.1 Å².